The molecule has 0 N–H and O–H groups in total. The molecule has 0 aliphatic heterocycles. The highest BCUT2D eigenvalue weighted by molar-refractivity contribution is 6.30. The lowest BCUT2D eigenvalue weighted by atomic mass is 9.78. The van der Waals surface area contributed by atoms with Gasteiger partial charge < -0.3 is 0 Å². The summed E-state index contributed by atoms with van der Waals surface area (Å²) in [5, 5.41) is 0.555. The first kappa shape index (κ1) is 17.4. The van der Waals surface area contributed by atoms with E-state index >= 15 is 0 Å². The van der Waals surface area contributed by atoms with Gasteiger partial charge in [0.1, 0.15) is 11.6 Å². The Morgan fingerprint density at radius 3 is 2.00 bits per heavy atom. The van der Waals surface area contributed by atoms with E-state index in [1.807, 2.05) is 0 Å². The standard InChI is InChI=1S/C21H23ClF2/c1-2-14-3-5-15(6-4-14)11-16-12-19(23)21(20(24)13-16)17-7-9-18(22)10-8-17/h7-10,12-15H,2-6,11H2,1H3. The summed E-state index contributed by atoms with van der Waals surface area (Å²) in [5.41, 5.74) is 1.32. The quantitative estimate of drug-likeness (QED) is 0.555. The van der Waals surface area contributed by atoms with Gasteiger partial charge in [0.15, 0.2) is 0 Å². The maximum atomic E-state index is 14.5. The van der Waals surface area contributed by atoms with Crippen molar-refractivity contribution in [3.63, 3.8) is 0 Å². The Balaban J connectivity index is 1.76. The van der Waals surface area contributed by atoms with Gasteiger partial charge in [0.25, 0.3) is 0 Å². The van der Waals surface area contributed by atoms with Crippen molar-refractivity contribution in [1.82, 2.24) is 0 Å². The van der Waals surface area contributed by atoms with Gasteiger partial charge in [0.05, 0.1) is 5.56 Å². The molecule has 1 fully saturated rings. The molecule has 0 bridgehead atoms. The van der Waals surface area contributed by atoms with Crippen LogP contribution in [0.2, 0.25) is 5.02 Å². The first-order chi connectivity index (χ1) is 11.6. The van der Waals surface area contributed by atoms with Crippen molar-refractivity contribution < 1.29 is 8.78 Å². The molecular formula is C21H23ClF2. The lowest BCUT2D eigenvalue weighted by molar-refractivity contribution is 0.268. The largest absolute Gasteiger partial charge is 0.206 e. The third-order valence-electron chi connectivity index (χ3n) is 5.30. The van der Waals surface area contributed by atoms with Crippen molar-refractivity contribution in [3.8, 4) is 11.1 Å². The molecule has 0 spiro atoms. The molecule has 0 nitrogen and oxygen atoms in total. The Labute approximate surface area is 147 Å². The third kappa shape index (κ3) is 3.97. The lowest BCUT2D eigenvalue weighted by Crippen LogP contribution is -2.16. The van der Waals surface area contributed by atoms with Gasteiger partial charge in [-0.15, -0.1) is 0 Å². The van der Waals surface area contributed by atoms with Crippen LogP contribution in [-0.2, 0) is 6.42 Å². The van der Waals surface area contributed by atoms with Gasteiger partial charge in [0.2, 0.25) is 0 Å². The summed E-state index contributed by atoms with van der Waals surface area (Å²) < 4.78 is 29.0. The average molecular weight is 349 g/mol. The lowest BCUT2D eigenvalue weighted by Gasteiger charge is -2.27. The topological polar surface area (TPSA) is 0 Å². The molecule has 0 atom stereocenters. The number of hydrogen-bond acceptors (Lipinski definition) is 0. The van der Waals surface area contributed by atoms with Crippen LogP contribution in [0, 0.1) is 23.5 Å². The van der Waals surface area contributed by atoms with Gasteiger partial charge >= 0.3 is 0 Å². The second kappa shape index (κ2) is 7.65. The molecule has 1 aliphatic carbocycles. The van der Waals surface area contributed by atoms with Crippen LogP contribution in [0.3, 0.4) is 0 Å². The van der Waals surface area contributed by atoms with Crippen LogP contribution in [0.15, 0.2) is 36.4 Å². The monoisotopic (exact) mass is 348 g/mol. The molecular weight excluding hydrogens is 326 g/mol. The average Bonchev–Trinajstić information content (AvgIpc) is 2.57. The minimum absolute atomic E-state index is 0.0325. The second-order valence-electron chi connectivity index (χ2n) is 6.94. The van der Waals surface area contributed by atoms with E-state index < -0.39 is 11.6 Å². The van der Waals surface area contributed by atoms with Gasteiger partial charge in [-0.2, -0.15) is 0 Å². The van der Waals surface area contributed by atoms with Crippen LogP contribution in [0.5, 0.6) is 0 Å². The fourth-order valence-electron chi connectivity index (χ4n) is 3.81. The second-order valence-corrected chi connectivity index (χ2v) is 7.38. The molecule has 2 aromatic carbocycles. The number of hydrogen-bond donors (Lipinski definition) is 0. The molecule has 0 aromatic heterocycles. The normalized spacial score (nSPS) is 21.0. The van der Waals surface area contributed by atoms with E-state index in [0.29, 0.717) is 16.5 Å². The SMILES string of the molecule is CCC1CCC(Cc2cc(F)c(-c3ccc(Cl)cc3)c(F)c2)CC1. The van der Waals surface area contributed by atoms with E-state index in [4.69, 9.17) is 11.6 Å². The van der Waals surface area contributed by atoms with E-state index in [-0.39, 0.29) is 5.56 Å². The summed E-state index contributed by atoms with van der Waals surface area (Å²) in [6, 6.07) is 9.59. The van der Waals surface area contributed by atoms with Crippen LogP contribution >= 0.6 is 11.6 Å². The summed E-state index contributed by atoms with van der Waals surface area (Å²) in [6.07, 6.45) is 6.84. The van der Waals surface area contributed by atoms with E-state index in [0.717, 1.165) is 17.9 Å². The molecule has 0 heterocycles. The summed E-state index contributed by atoms with van der Waals surface area (Å²) in [4.78, 5) is 0. The first-order valence-corrected chi connectivity index (χ1v) is 9.18. The van der Waals surface area contributed by atoms with Crippen LogP contribution < -0.4 is 0 Å². The zero-order valence-corrected chi connectivity index (χ0v) is 14.8. The van der Waals surface area contributed by atoms with Crippen LogP contribution in [0.25, 0.3) is 11.1 Å². The molecule has 1 saturated carbocycles. The van der Waals surface area contributed by atoms with Crippen molar-refractivity contribution in [2.24, 2.45) is 11.8 Å². The Bertz CT molecular complexity index is 662. The van der Waals surface area contributed by atoms with E-state index in [9.17, 15) is 8.78 Å². The van der Waals surface area contributed by atoms with Gasteiger partial charge in [-0.1, -0.05) is 49.9 Å². The van der Waals surface area contributed by atoms with Gasteiger partial charge in [-0.25, -0.2) is 8.78 Å². The molecule has 3 heteroatoms. The van der Waals surface area contributed by atoms with E-state index in [1.165, 1.54) is 44.2 Å². The minimum Gasteiger partial charge on any atom is -0.206 e. The van der Waals surface area contributed by atoms with Crippen molar-refractivity contribution >= 4 is 11.6 Å². The molecule has 128 valence electrons. The molecule has 0 saturated heterocycles. The first-order valence-electron chi connectivity index (χ1n) is 8.80. The highest BCUT2D eigenvalue weighted by atomic mass is 35.5. The fraction of sp³-hybridized carbons (Fsp3) is 0.429. The predicted molar refractivity (Wildman–Crippen MR) is 96.2 cm³/mol. The fourth-order valence-corrected chi connectivity index (χ4v) is 3.94. The van der Waals surface area contributed by atoms with Crippen molar-refractivity contribution in [3.05, 3.63) is 58.6 Å². The smallest absolute Gasteiger partial charge is 0.134 e. The van der Waals surface area contributed by atoms with Crippen LogP contribution in [-0.4, -0.2) is 0 Å². The Morgan fingerprint density at radius 2 is 1.46 bits per heavy atom. The molecule has 2 aromatic rings. The molecule has 0 unspecified atom stereocenters. The Hall–Kier alpha value is -1.41. The molecule has 0 radical (unpaired) electrons. The maximum Gasteiger partial charge on any atom is 0.134 e. The van der Waals surface area contributed by atoms with Crippen LogP contribution in [0.1, 0.15) is 44.6 Å². The highest BCUT2D eigenvalue weighted by Gasteiger charge is 2.21. The number of rotatable bonds is 4. The molecule has 3 rings (SSSR count). The van der Waals surface area contributed by atoms with E-state index in [1.54, 1.807) is 24.3 Å². The zero-order valence-electron chi connectivity index (χ0n) is 14.0. The summed E-state index contributed by atoms with van der Waals surface area (Å²) in [7, 11) is 0. The molecule has 24 heavy (non-hydrogen) atoms. The van der Waals surface area contributed by atoms with Crippen molar-refractivity contribution in [2.45, 2.75) is 45.4 Å². The van der Waals surface area contributed by atoms with Gasteiger partial charge in [0, 0.05) is 5.02 Å². The minimum atomic E-state index is -0.491. The summed E-state index contributed by atoms with van der Waals surface area (Å²) in [5.74, 6) is 0.402. The third-order valence-corrected chi connectivity index (χ3v) is 5.55. The number of benzene rings is 2. The number of halogens is 3. The van der Waals surface area contributed by atoms with Crippen LogP contribution in [0.4, 0.5) is 8.78 Å². The van der Waals surface area contributed by atoms with Gasteiger partial charge in [-0.05, 0) is 66.5 Å². The summed E-state index contributed by atoms with van der Waals surface area (Å²) in [6.45, 7) is 2.24. The molecule has 1 aliphatic rings. The van der Waals surface area contributed by atoms with E-state index in [2.05, 4.69) is 6.92 Å². The zero-order chi connectivity index (χ0) is 17.1. The Morgan fingerprint density at radius 1 is 0.917 bits per heavy atom. The van der Waals surface area contributed by atoms with Crippen molar-refractivity contribution in [2.75, 3.05) is 0 Å². The molecule has 0 amide bonds. The summed E-state index contributed by atoms with van der Waals surface area (Å²) >= 11 is 5.85. The Kier molecular flexibility index (Phi) is 5.55. The van der Waals surface area contributed by atoms with Crippen molar-refractivity contribution in [1.29, 1.82) is 0 Å². The predicted octanol–water partition coefficient (Wildman–Crippen LogP) is 7.04. The van der Waals surface area contributed by atoms with Gasteiger partial charge in [-0.3, -0.25) is 0 Å². The highest BCUT2D eigenvalue weighted by Crippen LogP contribution is 2.34. The maximum absolute atomic E-state index is 14.5.